The van der Waals surface area contributed by atoms with Crippen molar-refractivity contribution in [2.24, 2.45) is 11.8 Å². The van der Waals surface area contributed by atoms with E-state index >= 15 is 0 Å². The minimum Gasteiger partial charge on any atom is -0.271 e. The van der Waals surface area contributed by atoms with Crippen molar-refractivity contribution in [1.29, 1.82) is 0 Å². The summed E-state index contributed by atoms with van der Waals surface area (Å²) in [4.78, 5) is 8.10. The highest BCUT2D eigenvalue weighted by atomic mass is 32.2. The summed E-state index contributed by atoms with van der Waals surface area (Å²) in [5.41, 5.74) is 3.32. The Morgan fingerprint density at radius 1 is 1.50 bits per heavy atom. The van der Waals surface area contributed by atoms with E-state index in [4.69, 9.17) is 5.84 Å². The molecule has 2 heterocycles. The maximum atomic E-state index is 11.4. The molecule has 7 heteroatoms. The highest BCUT2D eigenvalue weighted by Gasteiger charge is 2.34. The fourth-order valence-electron chi connectivity index (χ4n) is 2.02. The Hall–Kier alpha value is -1.05. The molecular weight excluding hydrogens is 228 g/mol. The lowest BCUT2D eigenvalue weighted by Gasteiger charge is -2.20. The lowest BCUT2D eigenvalue weighted by Crippen LogP contribution is -2.34. The summed E-state index contributed by atoms with van der Waals surface area (Å²) in [6.07, 6.45) is 5.37. The summed E-state index contributed by atoms with van der Waals surface area (Å²) in [6.45, 7) is 0. The first kappa shape index (κ1) is 11.4. The molecule has 1 aromatic heterocycles. The van der Waals surface area contributed by atoms with Gasteiger partial charge in [-0.2, -0.15) is 0 Å². The van der Waals surface area contributed by atoms with Crippen molar-refractivity contribution in [3.8, 4) is 0 Å². The molecule has 1 aliphatic rings. The van der Waals surface area contributed by atoms with Gasteiger partial charge in [0.15, 0.2) is 9.84 Å². The van der Waals surface area contributed by atoms with E-state index in [2.05, 4.69) is 15.4 Å². The Kier molecular flexibility index (Phi) is 3.17. The Balaban J connectivity index is 2.19. The Morgan fingerprint density at radius 2 is 2.31 bits per heavy atom. The molecule has 6 nitrogen and oxygen atoms in total. The van der Waals surface area contributed by atoms with Crippen molar-refractivity contribution in [3.05, 3.63) is 24.3 Å². The normalized spacial score (nSPS) is 25.4. The van der Waals surface area contributed by atoms with E-state index in [9.17, 15) is 8.42 Å². The van der Waals surface area contributed by atoms with Crippen molar-refractivity contribution < 1.29 is 8.42 Å². The molecule has 3 N–H and O–H groups in total. The zero-order valence-corrected chi connectivity index (χ0v) is 9.52. The third-order valence-electron chi connectivity index (χ3n) is 2.82. The molecule has 0 spiro atoms. The van der Waals surface area contributed by atoms with E-state index in [1.165, 1.54) is 0 Å². The quantitative estimate of drug-likeness (QED) is 0.543. The maximum Gasteiger partial charge on any atom is 0.150 e. The first-order chi connectivity index (χ1) is 7.62. The van der Waals surface area contributed by atoms with E-state index in [1.807, 2.05) is 0 Å². The predicted octanol–water partition coefficient (Wildman–Crippen LogP) is -0.584. The molecule has 88 valence electrons. The summed E-state index contributed by atoms with van der Waals surface area (Å²) in [6, 6.07) is -0.244. The second kappa shape index (κ2) is 4.44. The third kappa shape index (κ3) is 2.37. The van der Waals surface area contributed by atoms with Crippen LogP contribution >= 0.6 is 0 Å². The van der Waals surface area contributed by atoms with E-state index < -0.39 is 9.84 Å². The smallest absolute Gasteiger partial charge is 0.150 e. The number of hydrazine groups is 1. The molecule has 2 unspecified atom stereocenters. The molecule has 0 radical (unpaired) electrons. The van der Waals surface area contributed by atoms with Gasteiger partial charge in [0, 0.05) is 12.4 Å². The lowest BCUT2D eigenvalue weighted by atomic mass is 9.97. The molecule has 1 saturated heterocycles. The second-order valence-electron chi connectivity index (χ2n) is 3.94. The summed E-state index contributed by atoms with van der Waals surface area (Å²) in [7, 11) is -2.90. The van der Waals surface area contributed by atoms with Crippen molar-refractivity contribution >= 4 is 9.84 Å². The van der Waals surface area contributed by atoms with Crippen LogP contribution in [0.1, 0.15) is 18.2 Å². The van der Waals surface area contributed by atoms with Crippen molar-refractivity contribution in [2.75, 3.05) is 11.5 Å². The van der Waals surface area contributed by atoms with Crippen LogP contribution in [-0.4, -0.2) is 29.9 Å². The zero-order valence-electron chi connectivity index (χ0n) is 8.70. The molecule has 0 amide bonds. The number of nitrogens with zero attached hydrogens (tertiary/aromatic N) is 2. The van der Waals surface area contributed by atoms with Crippen molar-refractivity contribution in [3.63, 3.8) is 0 Å². The van der Waals surface area contributed by atoms with Gasteiger partial charge in [-0.15, -0.1) is 0 Å². The Bertz CT molecular complexity index is 448. The summed E-state index contributed by atoms with van der Waals surface area (Å²) >= 11 is 0. The first-order valence-electron chi connectivity index (χ1n) is 5.05. The SMILES string of the molecule is NNC(c1cnccn1)C1CCS(=O)(=O)C1. The Labute approximate surface area is 94.2 Å². The van der Waals surface area contributed by atoms with E-state index in [0.29, 0.717) is 12.1 Å². The molecule has 0 aliphatic carbocycles. The van der Waals surface area contributed by atoms with Gasteiger partial charge in [-0.1, -0.05) is 0 Å². The zero-order chi connectivity index (χ0) is 11.6. The number of hydrogen-bond donors (Lipinski definition) is 2. The van der Waals surface area contributed by atoms with Crippen LogP contribution in [0.2, 0.25) is 0 Å². The van der Waals surface area contributed by atoms with Crippen LogP contribution < -0.4 is 11.3 Å². The van der Waals surface area contributed by atoms with Gasteiger partial charge in [0.1, 0.15) is 0 Å². The second-order valence-corrected chi connectivity index (χ2v) is 6.17. The largest absolute Gasteiger partial charge is 0.271 e. The third-order valence-corrected chi connectivity index (χ3v) is 4.61. The van der Waals surface area contributed by atoms with E-state index in [0.717, 1.165) is 0 Å². The number of sulfone groups is 1. The van der Waals surface area contributed by atoms with Gasteiger partial charge in [-0.05, 0) is 12.3 Å². The van der Waals surface area contributed by atoms with Gasteiger partial charge in [0.25, 0.3) is 0 Å². The Morgan fingerprint density at radius 3 is 2.81 bits per heavy atom. The van der Waals surface area contributed by atoms with Gasteiger partial charge in [0.2, 0.25) is 0 Å². The molecule has 1 aliphatic heterocycles. The van der Waals surface area contributed by atoms with Crippen LogP contribution in [0.4, 0.5) is 0 Å². The first-order valence-corrected chi connectivity index (χ1v) is 6.87. The molecule has 16 heavy (non-hydrogen) atoms. The average Bonchev–Trinajstić information content (AvgIpc) is 2.62. The van der Waals surface area contributed by atoms with Crippen LogP contribution in [0.25, 0.3) is 0 Å². The summed E-state index contributed by atoms with van der Waals surface area (Å²) in [5.74, 6) is 5.84. The molecule has 1 fully saturated rings. The van der Waals surface area contributed by atoms with Crippen LogP contribution in [0.15, 0.2) is 18.6 Å². The number of aromatic nitrogens is 2. The van der Waals surface area contributed by atoms with Gasteiger partial charge < -0.3 is 0 Å². The molecule has 2 atom stereocenters. The fraction of sp³-hybridized carbons (Fsp3) is 0.556. The van der Waals surface area contributed by atoms with Crippen LogP contribution in [-0.2, 0) is 9.84 Å². The van der Waals surface area contributed by atoms with Gasteiger partial charge in [-0.3, -0.25) is 21.2 Å². The highest BCUT2D eigenvalue weighted by molar-refractivity contribution is 7.91. The lowest BCUT2D eigenvalue weighted by molar-refractivity contribution is 0.390. The average molecular weight is 242 g/mol. The van der Waals surface area contributed by atoms with Crippen molar-refractivity contribution in [2.45, 2.75) is 12.5 Å². The minimum atomic E-state index is -2.90. The van der Waals surface area contributed by atoms with E-state index in [-0.39, 0.29) is 23.5 Å². The molecular formula is C9H14N4O2S. The number of nitrogens with one attached hydrogen (secondary N) is 1. The monoisotopic (exact) mass is 242 g/mol. The molecule has 0 bridgehead atoms. The van der Waals surface area contributed by atoms with Crippen LogP contribution in [0.5, 0.6) is 0 Å². The minimum absolute atomic E-state index is 0.0216. The predicted molar refractivity (Wildman–Crippen MR) is 58.9 cm³/mol. The number of nitrogens with two attached hydrogens (primary N) is 1. The van der Waals surface area contributed by atoms with Gasteiger partial charge >= 0.3 is 0 Å². The number of rotatable bonds is 3. The van der Waals surface area contributed by atoms with Crippen LogP contribution in [0.3, 0.4) is 0 Å². The summed E-state index contributed by atoms with van der Waals surface area (Å²) in [5, 5.41) is 0. The topological polar surface area (TPSA) is 98.0 Å². The standard InChI is InChI=1S/C9H14N4O2S/c10-13-9(8-5-11-2-3-12-8)7-1-4-16(14,15)6-7/h2-3,5,7,9,13H,1,4,6,10H2. The highest BCUT2D eigenvalue weighted by Crippen LogP contribution is 2.29. The van der Waals surface area contributed by atoms with Gasteiger partial charge in [-0.25, -0.2) is 8.42 Å². The summed E-state index contributed by atoms with van der Waals surface area (Å²) < 4.78 is 22.8. The number of hydrogen-bond acceptors (Lipinski definition) is 6. The van der Waals surface area contributed by atoms with E-state index in [1.54, 1.807) is 18.6 Å². The maximum absolute atomic E-state index is 11.4. The fourth-order valence-corrected chi connectivity index (χ4v) is 3.86. The molecule has 0 saturated carbocycles. The van der Waals surface area contributed by atoms with Gasteiger partial charge in [0.05, 0.1) is 29.4 Å². The molecule has 1 aromatic rings. The van der Waals surface area contributed by atoms with Crippen LogP contribution in [0, 0.1) is 5.92 Å². The molecule has 0 aromatic carbocycles. The van der Waals surface area contributed by atoms with Crippen molar-refractivity contribution in [1.82, 2.24) is 15.4 Å². The molecule has 2 rings (SSSR count).